The number of hydrogen-bond acceptors (Lipinski definition) is 1. The molecule has 120 valence electrons. The van der Waals surface area contributed by atoms with Crippen LogP contribution in [0.5, 0.6) is 5.75 Å². The Hall–Kier alpha value is -2.23. The van der Waals surface area contributed by atoms with E-state index in [1.807, 2.05) is 12.1 Å². The van der Waals surface area contributed by atoms with Crippen LogP contribution in [0.2, 0.25) is 0 Å². The lowest BCUT2D eigenvalue weighted by molar-refractivity contribution is -0.274. The Morgan fingerprint density at radius 1 is 1.00 bits per heavy atom. The van der Waals surface area contributed by atoms with Crippen LogP contribution < -0.4 is 4.74 Å². The smallest absolute Gasteiger partial charge is 0.406 e. The lowest BCUT2D eigenvalue weighted by atomic mass is 9.83. The van der Waals surface area contributed by atoms with Gasteiger partial charge in [0.2, 0.25) is 0 Å². The first-order chi connectivity index (χ1) is 10.9. The zero-order valence-corrected chi connectivity index (χ0v) is 12.6. The van der Waals surface area contributed by atoms with E-state index in [2.05, 4.69) is 23.4 Å². The minimum atomic E-state index is -4.66. The molecule has 0 heterocycles. The van der Waals surface area contributed by atoms with Gasteiger partial charge in [-0.1, -0.05) is 36.4 Å². The van der Waals surface area contributed by atoms with Gasteiger partial charge in [-0.15, -0.1) is 19.8 Å². The van der Waals surface area contributed by atoms with Gasteiger partial charge in [0.05, 0.1) is 0 Å². The minimum absolute atomic E-state index is 0.201. The first kappa shape index (κ1) is 15.7. The number of allylic oxidation sites excluding steroid dienone is 1. The normalized spacial score (nSPS) is 17.4. The Bertz CT molecular complexity index is 702. The van der Waals surface area contributed by atoms with E-state index in [1.54, 1.807) is 12.1 Å². The summed E-state index contributed by atoms with van der Waals surface area (Å²) < 4.78 is 40.5. The average molecular weight is 318 g/mol. The number of rotatable bonds is 3. The molecule has 0 radical (unpaired) electrons. The first-order valence-electron chi connectivity index (χ1n) is 7.55. The molecule has 1 atom stereocenters. The van der Waals surface area contributed by atoms with Crippen molar-refractivity contribution in [3.05, 3.63) is 66.2 Å². The van der Waals surface area contributed by atoms with Crippen LogP contribution >= 0.6 is 0 Å². The molecule has 0 fully saturated rings. The maximum Gasteiger partial charge on any atom is 0.573 e. The van der Waals surface area contributed by atoms with Crippen LogP contribution in [0.25, 0.3) is 11.1 Å². The molecule has 0 saturated carbocycles. The van der Waals surface area contributed by atoms with Gasteiger partial charge in [0, 0.05) is 0 Å². The van der Waals surface area contributed by atoms with E-state index >= 15 is 0 Å². The summed E-state index contributed by atoms with van der Waals surface area (Å²) in [7, 11) is 0. The van der Waals surface area contributed by atoms with E-state index < -0.39 is 6.36 Å². The maximum absolute atomic E-state index is 12.2. The van der Waals surface area contributed by atoms with Crippen molar-refractivity contribution in [3.8, 4) is 16.9 Å². The Morgan fingerprint density at radius 2 is 1.70 bits per heavy atom. The highest BCUT2D eigenvalue weighted by Crippen LogP contribution is 2.31. The second-order valence-electron chi connectivity index (χ2n) is 5.79. The molecule has 1 aliphatic carbocycles. The third-order valence-corrected chi connectivity index (χ3v) is 4.23. The summed E-state index contributed by atoms with van der Waals surface area (Å²) in [6, 6.07) is 12.3. The van der Waals surface area contributed by atoms with E-state index in [-0.39, 0.29) is 5.75 Å². The summed E-state index contributed by atoms with van der Waals surface area (Å²) in [5.74, 6) is 0.334. The number of hydrogen-bond donors (Lipinski definition) is 0. The molecule has 1 unspecified atom stereocenters. The Labute approximate surface area is 133 Å². The largest absolute Gasteiger partial charge is 0.573 e. The van der Waals surface area contributed by atoms with Crippen molar-refractivity contribution < 1.29 is 17.9 Å². The van der Waals surface area contributed by atoms with Crippen molar-refractivity contribution in [1.29, 1.82) is 0 Å². The van der Waals surface area contributed by atoms with Crippen molar-refractivity contribution in [2.24, 2.45) is 5.92 Å². The van der Waals surface area contributed by atoms with Crippen LogP contribution in [0.15, 0.2) is 55.1 Å². The molecule has 2 aromatic rings. The topological polar surface area (TPSA) is 9.23 Å². The summed E-state index contributed by atoms with van der Waals surface area (Å²) in [5, 5.41) is 0. The van der Waals surface area contributed by atoms with Gasteiger partial charge in [-0.3, -0.25) is 0 Å². The van der Waals surface area contributed by atoms with Crippen LogP contribution in [0.4, 0.5) is 13.2 Å². The van der Waals surface area contributed by atoms with Crippen LogP contribution in [0.1, 0.15) is 17.5 Å². The fourth-order valence-corrected chi connectivity index (χ4v) is 3.01. The maximum atomic E-state index is 12.2. The van der Waals surface area contributed by atoms with E-state index in [9.17, 15) is 13.2 Å². The Kier molecular flexibility index (Phi) is 4.16. The third kappa shape index (κ3) is 3.76. The molecule has 0 aromatic heterocycles. The molecule has 23 heavy (non-hydrogen) atoms. The second-order valence-corrected chi connectivity index (χ2v) is 5.79. The molecule has 0 bridgehead atoms. The van der Waals surface area contributed by atoms with Gasteiger partial charge >= 0.3 is 6.36 Å². The number of fused-ring (bicyclic) bond motifs is 1. The van der Waals surface area contributed by atoms with Gasteiger partial charge in [0.1, 0.15) is 5.75 Å². The fourth-order valence-electron chi connectivity index (χ4n) is 3.01. The number of ether oxygens (including phenoxy) is 1. The highest BCUT2D eigenvalue weighted by molar-refractivity contribution is 5.66. The van der Waals surface area contributed by atoms with Crippen LogP contribution in [0, 0.1) is 5.92 Å². The number of aryl methyl sites for hydroxylation is 1. The second kappa shape index (κ2) is 6.11. The Balaban J connectivity index is 1.81. The van der Waals surface area contributed by atoms with Crippen molar-refractivity contribution in [3.63, 3.8) is 0 Å². The average Bonchev–Trinajstić information content (AvgIpc) is 2.53. The minimum Gasteiger partial charge on any atom is -0.406 e. The van der Waals surface area contributed by atoms with E-state index in [1.165, 1.54) is 23.3 Å². The Morgan fingerprint density at radius 3 is 2.35 bits per heavy atom. The molecule has 2 aromatic carbocycles. The molecule has 0 saturated heterocycles. The molecule has 4 heteroatoms. The van der Waals surface area contributed by atoms with Gasteiger partial charge in [-0.25, -0.2) is 0 Å². The lowest BCUT2D eigenvalue weighted by Gasteiger charge is -2.22. The van der Waals surface area contributed by atoms with E-state index in [4.69, 9.17) is 0 Å². The molecule has 0 spiro atoms. The first-order valence-corrected chi connectivity index (χ1v) is 7.55. The van der Waals surface area contributed by atoms with Gasteiger partial charge in [-0.2, -0.15) is 0 Å². The third-order valence-electron chi connectivity index (χ3n) is 4.23. The number of alkyl halides is 3. The van der Waals surface area contributed by atoms with Gasteiger partial charge in [0.25, 0.3) is 0 Å². The van der Waals surface area contributed by atoms with Gasteiger partial charge < -0.3 is 4.74 Å². The van der Waals surface area contributed by atoms with Crippen molar-refractivity contribution >= 4 is 0 Å². The number of benzene rings is 2. The molecule has 3 rings (SSSR count). The molecule has 1 aliphatic rings. The van der Waals surface area contributed by atoms with Crippen LogP contribution in [-0.2, 0) is 12.8 Å². The fraction of sp³-hybridized carbons (Fsp3) is 0.263. The zero-order valence-electron chi connectivity index (χ0n) is 12.6. The quantitative estimate of drug-likeness (QED) is 0.675. The van der Waals surface area contributed by atoms with E-state index in [0.29, 0.717) is 5.92 Å². The summed E-state index contributed by atoms with van der Waals surface area (Å²) in [5.41, 5.74) is 4.55. The molecule has 0 N–H and O–H groups in total. The van der Waals surface area contributed by atoms with E-state index in [0.717, 1.165) is 30.4 Å². The van der Waals surface area contributed by atoms with Crippen molar-refractivity contribution in [2.75, 3.05) is 0 Å². The summed E-state index contributed by atoms with van der Waals surface area (Å²) >= 11 is 0. The number of halogens is 3. The summed E-state index contributed by atoms with van der Waals surface area (Å²) in [6.45, 7) is 3.86. The lowest BCUT2D eigenvalue weighted by Crippen LogP contribution is -2.16. The molecule has 1 nitrogen and oxygen atoms in total. The van der Waals surface area contributed by atoms with Crippen LogP contribution in [0.3, 0.4) is 0 Å². The SMILES string of the molecule is C=CC1CCc2cc(-c3ccc(OC(F)(F)F)cc3)ccc2C1. The highest BCUT2D eigenvalue weighted by Gasteiger charge is 2.31. The van der Waals surface area contributed by atoms with Gasteiger partial charge in [0.15, 0.2) is 0 Å². The predicted octanol–water partition coefficient (Wildman–Crippen LogP) is 5.54. The predicted molar refractivity (Wildman–Crippen MR) is 84.3 cm³/mol. The molecular formula is C19H17F3O. The standard InChI is InChI=1S/C19H17F3O/c1-2-13-3-4-17-12-16(6-5-15(17)11-13)14-7-9-18(10-8-14)23-19(20,21)22/h2,5-10,12-13H,1,3-4,11H2. The summed E-state index contributed by atoms with van der Waals surface area (Å²) in [6.07, 6.45) is 0.468. The summed E-state index contributed by atoms with van der Waals surface area (Å²) in [4.78, 5) is 0. The van der Waals surface area contributed by atoms with Crippen LogP contribution in [-0.4, -0.2) is 6.36 Å². The van der Waals surface area contributed by atoms with Crippen molar-refractivity contribution in [1.82, 2.24) is 0 Å². The molecule has 0 amide bonds. The molecular weight excluding hydrogens is 301 g/mol. The zero-order chi connectivity index (χ0) is 16.4. The molecule has 0 aliphatic heterocycles. The highest BCUT2D eigenvalue weighted by atomic mass is 19.4. The monoisotopic (exact) mass is 318 g/mol. The van der Waals surface area contributed by atoms with Gasteiger partial charge in [-0.05, 0) is 59.6 Å². The van der Waals surface area contributed by atoms with Crippen molar-refractivity contribution in [2.45, 2.75) is 25.6 Å².